The minimum Gasteiger partial charge on any atom is -0.484 e. The maximum atomic E-state index is 11.7. The van der Waals surface area contributed by atoms with Crippen LogP contribution in [0.2, 0.25) is 0 Å². The van der Waals surface area contributed by atoms with Crippen molar-refractivity contribution in [2.75, 3.05) is 13.2 Å². The molecule has 2 N–H and O–H groups in total. The van der Waals surface area contributed by atoms with E-state index in [0.717, 1.165) is 11.1 Å². The van der Waals surface area contributed by atoms with Crippen LogP contribution in [0, 0.1) is 6.92 Å². The molecule has 6 heteroatoms. The van der Waals surface area contributed by atoms with E-state index in [1.54, 1.807) is 12.1 Å². The zero-order valence-electron chi connectivity index (χ0n) is 14.5. The summed E-state index contributed by atoms with van der Waals surface area (Å²) in [6.45, 7) is 1.61. The van der Waals surface area contributed by atoms with Crippen LogP contribution in [0.25, 0.3) is 6.08 Å². The number of hydrogen-bond donors (Lipinski definition) is 2. The van der Waals surface area contributed by atoms with Crippen molar-refractivity contribution < 1.29 is 14.3 Å². The summed E-state index contributed by atoms with van der Waals surface area (Å²) in [4.78, 5) is 23.3. The Morgan fingerprint density at radius 1 is 1.08 bits per heavy atom. The van der Waals surface area contributed by atoms with Gasteiger partial charge in [-0.15, -0.1) is 0 Å². The normalized spacial score (nSPS) is 10.8. The van der Waals surface area contributed by atoms with Crippen LogP contribution in [0.1, 0.15) is 11.1 Å². The largest absolute Gasteiger partial charge is 0.484 e. The Bertz CT molecular complexity index is 786. The minimum absolute atomic E-state index is 0.153. The molecule has 2 rings (SSSR count). The van der Waals surface area contributed by atoms with E-state index in [1.165, 1.54) is 6.21 Å². The monoisotopic (exact) mass is 351 g/mol. The van der Waals surface area contributed by atoms with Gasteiger partial charge in [0.1, 0.15) is 5.75 Å². The summed E-state index contributed by atoms with van der Waals surface area (Å²) < 4.78 is 5.35. The number of amides is 2. The maximum absolute atomic E-state index is 11.7. The molecular weight excluding hydrogens is 330 g/mol. The number of hydrogen-bond acceptors (Lipinski definition) is 4. The highest BCUT2D eigenvalue weighted by Crippen LogP contribution is 2.11. The van der Waals surface area contributed by atoms with Gasteiger partial charge in [0, 0.05) is 6.21 Å². The molecule has 2 amide bonds. The van der Waals surface area contributed by atoms with Crippen molar-refractivity contribution in [3.05, 3.63) is 71.8 Å². The van der Waals surface area contributed by atoms with Gasteiger partial charge in [-0.05, 0) is 36.3 Å². The van der Waals surface area contributed by atoms with Crippen LogP contribution in [0.3, 0.4) is 0 Å². The van der Waals surface area contributed by atoms with Crippen molar-refractivity contribution in [3.63, 3.8) is 0 Å². The molecule has 0 spiro atoms. The van der Waals surface area contributed by atoms with Crippen LogP contribution in [0.4, 0.5) is 0 Å². The molecule has 2 aromatic carbocycles. The molecule has 0 saturated carbocycles. The summed E-state index contributed by atoms with van der Waals surface area (Å²) in [7, 11) is 0. The Hall–Kier alpha value is -3.41. The topological polar surface area (TPSA) is 79.8 Å². The second-order valence-electron chi connectivity index (χ2n) is 5.46. The zero-order chi connectivity index (χ0) is 18.6. The van der Waals surface area contributed by atoms with Gasteiger partial charge in [0.25, 0.3) is 11.8 Å². The first-order valence-corrected chi connectivity index (χ1v) is 8.13. The standard InChI is InChI=1S/C20H21N3O3/c1-16-7-5-11-18(13-16)26-15-20(25)21-14-19(24)23-22-12-6-10-17-8-3-2-4-9-17/h2-13H,14-15H2,1H3,(H,21,25)(H,23,24)/b10-6+,22-12+. The molecular formula is C20H21N3O3. The summed E-state index contributed by atoms with van der Waals surface area (Å²) in [6, 6.07) is 17.1. The van der Waals surface area contributed by atoms with E-state index in [1.807, 2.05) is 61.5 Å². The van der Waals surface area contributed by atoms with Crippen LogP contribution in [-0.4, -0.2) is 31.2 Å². The highest BCUT2D eigenvalue weighted by Gasteiger charge is 2.05. The van der Waals surface area contributed by atoms with Crippen molar-refractivity contribution in [3.8, 4) is 5.75 Å². The van der Waals surface area contributed by atoms with E-state index < -0.39 is 5.91 Å². The average molecular weight is 351 g/mol. The molecule has 0 aliphatic heterocycles. The molecule has 134 valence electrons. The fraction of sp³-hybridized carbons (Fsp3) is 0.150. The Labute approximate surface area is 152 Å². The van der Waals surface area contributed by atoms with Crippen LogP contribution < -0.4 is 15.5 Å². The summed E-state index contributed by atoms with van der Waals surface area (Å²) >= 11 is 0. The van der Waals surface area contributed by atoms with Gasteiger partial charge in [-0.25, -0.2) is 5.43 Å². The van der Waals surface area contributed by atoms with Crippen LogP contribution in [0.5, 0.6) is 5.75 Å². The van der Waals surface area contributed by atoms with Gasteiger partial charge in [0.2, 0.25) is 0 Å². The van der Waals surface area contributed by atoms with Gasteiger partial charge in [0.15, 0.2) is 6.61 Å². The molecule has 0 unspecified atom stereocenters. The quantitative estimate of drug-likeness (QED) is 0.566. The fourth-order valence-corrected chi connectivity index (χ4v) is 1.99. The van der Waals surface area contributed by atoms with Crippen molar-refractivity contribution in [1.82, 2.24) is 10.7 Å². The van der Waals surface area contributed by atoms with E-state index in [4.69, 9.17) is 4.74 Å². The van der Waals surface area contributed by atoms with Crippen molar-refractivity contribution in [2.24, 2.45) is 5.10 Å². The first-order valence-electron chi connectivity index (χ1n) is 8.13. The number of allylic oxidation sites excluding steroid dienone is 1. The number of hydrazone groups is 1. The predicted molar refractivity (Wildman–Crippen MR) is 102 cm³/mol. The summed E-state index contributed by atoms with van der Waals surface area (Å²) in [5.74, 6) is -0.188. The van der Waals surface area contributed by atoms with Gasteiger partial charge < -0.3 is 10.1 Å². The van der Waals surface area contributed by atoms with Gasteiger partial charge in [-0.1, -0.05) is 48.5 Å². The SMILES string of the molecule is Cc1cccc(OCC(=O)NCC(=O)N/N=C/C=C/c2ccccc2)c1. The Morgan fingerprint density at radius 2 is 1.88 bits per heavy atom. The molecule has 0 radical (unpaired) electrons. The lowest BCUT2D eigenvalue weighted by Crippen LogP contribution is -2.37. The molecule has 26 heavy (non-hydrogen) atoms. The highest BCUT2D eigenvalue weighted by atomic mass is 16.5. The second-order valence-corrected chi connectivity index (χ2v) is 5.46. The number of carbonyl (C=O) groups excluding carboxylic acids is 2. The first-order chi connectivity index (χ1) is 12.6. The van der Waals surface area contributed by atoms with Gasteiger partial charge >= 0.3 is 0 Å². The Morgan fingerprint density at radius 3 is 2.65 bits per heavy atom. The average Bonchev–Trinajstić information content (AvgIpc) is 2.65. The fourth-order valence-electron chi connectivity index (χ4n) is 1.99. The van der Waals surface area contributed by atoms with Crippen molar-refractivity contribution >= 4 is 24.1 Å². The summed E-state index contributed by atoms with van der Waals surface area (Å²) in [6.07, 6.45) is 5.04. The zero-order valence-corrected chi connectivity index (χ0v) is 14.5. The van der Waals surface area contributed by atoms with Gasteiger partial charge in [-0.3, -0.25) is 9.59 Å². The van der Waals surface area contributed by atoms with Crippen LogP contribution in [0.15, 0.2) is 65.8 Å². The summed E-state index contributed by atoms with van der Waals surface area (Å²) in [5, 5.41) is 6.24. The van der Waals surface area contributed by atoms with Gasteiger partial charge in [-0.2, -0.15) is 5.10 Å². The van der Waals surface area contributed by atoms with Crippen LogP contribution in [-0.2, 0) is 9.59 Å². The van der Waals surface area contributed by atoms with E-state index >= 15 is 0 Å². The minimum atomic E-state index is -0.418. The molecule has 0 bridgehead atoms. The third-order valence-corrected chi connectivity index (χ3v) is 3.24. The maximum Gasteiger partial charge on any atom is 0.259 e. The number of carbonyl (C=O) groups is 2. The molecule has 0 aliphatic carbocycles. The van der Waals surface area contributed by atoms with Gasteiger partial charge in [0.05, 0.1) is 6.54 Å². The number of ether oxygens (including phenoxy) is 1. The Balaban J connectivity index is 1.62. The molecule has 0 aliphatic rings. The lowest BCUT2D eigenvalue weighted by atomic mass is 10.2. The summed E-state index contributed by atoms with van der Waals surface area (Å²) in [5.41, 5.74) is 4.41. The van der Waals surface area contributed by atoms with Crippen molar-refractivity contribution in [1.29, 1.82) is 0 Å². The third kappa shape index (κ3) is 7.44. The second kappa shape index (κ2) is 10.5. The van der Waals surface area contributed by atoms with E-state index in [0.29, 0.717) is 5.75 Å². The molecule has 0 fully saturated rings. The molecule has 0 heterocycles. The molecule has 0 atom stereocenters. The molecule has 0 saturated heterocycles. The molecule has 0 aromatic heterocycles. The molecule has 6 nitrogen and oxygen atoms in total. The highest BCUT2D eigenvalue weighted by molar-refractivity contribution is 5.86. The number of aryl methyl sites for hydroxylation is 1. The van der Waals surface area contributed by atoms with Crippen LogP contribution >= 0.6 is 0 Å². The number of rotatable bonds is 8. The lowest BCUT2D eigenvalue weighted by molar-refractivity contribution is -0.127. The number of nitrogens with zero attached hydrogens (tertiary/aromatic N) is 1. The van der Waals surface area contributed by atoms with E-state index in [2.05, 4.69) is 15.8 Å². The number of nitrogens with one attached hydrogen (secondary N) is 2. The number of benzene rings is 2. The smallest absolute Gasteiger partial charge is 0.259 e. The first kappa shape index (κ1) is 18.9. The Kier molecular flexibility index (Phi) is 7.61. The predicted octanol–water partition coefficient (Wildman–Crippen LogP) is 2.31. The lowest BCUT2D eigenvalue weighted by Gasteiger charge is -2.07. The molecule has 2 aromatic rings. The third-order valence-electron chi connectivity index (χ3n) is 3.24. The van der Waals surface area contributed by atoms with E-state index in [-0.39, 0.29) is 19.1 Å². The van der Waals surface area contributed by atoms with E-state index in [9.17, 15) is 9.59 Å². The van der Waals surface area contributed by atoms with Crippen molar-refractivity contribution in [2.45, 2.75) is 6.92 Å².